The molecule has 2 N–H and O–H groups in total. The first-order valence-corrected chi connectivity index (χ1v) is 12.7. The lowest BCUT2D eigenvalue weighted by atomic mass is 9.95. The highest BCUT2D eigenvalue weighted by molar-refractivity contribution is 6.30. The fraction of sp³-hybridized carbons (Fsp3) is 0.233. The van der Waals surface area contributed by atoms with Gasteiger partial charge in [-0.15, -0.1) is 0 Å². The number of rotatable bonds is 9. The van der Waals surface area contributed by atoms with Gasteiger partial charge in [0.2, 0.25) is 0 Å². The number of unbranched alkanes of at least 4 members (excludes halogenated alkanes) is 1. The van der Waals surface area contributed by atoms with Crippen LogP contribution in [0.1, 0.15) is 54.6 Å². The van der Waals surface area contributed by atoms with Gasteiger partial charge in [-0.25, -0.2) is 14.6 Å². The summed E-state index contributed by atoms with van der Waals surface area (Å²) < 4.78 is 0. The molecule has 0 fully saturated rings. The van der Waals surface area contributed by atoms with Crippen molar-refractivity contribution in [1.29, 1.82) is 0 Å². The van der Waals surface area contributed by atoms with E-state index in [2.05, 4.69) is 11.8 Å². The lowest BCUT2D eigenvalue weighted by Crippen LogP contribution is -2.43. The smallest absolute Gasteiger partial charge is 0.336 e. The molecule has 190 valence electrons. The molecule has 0 saturated heterocycles. The molecule has 1 unspecified atom stereocenters. The highest BCUT2D eigenvalue weighted by Crippen LogP contribution is 2.33. The Labute approximate surface area is 221 Å². The van der Waals surface area contributed by atoms with E-state index in [1.54, 1.807) is 42.5 Å². The Balaban J connectivity index is 1.68. The zero-order chi connectivity index (χ0) is 26.5. The van der Waals surface area contributed by atoms with Crippen LogP contribution in [0.5, 0.6) is 0 Å². The van der Waals surface area contributed by atoms with Crippen molar-refractivity contribution in [2.75, 3.05) is 0 Å². The van der Waals surface area contributed by atoms with Gasteiger partial charge in [-0.3, -0.25) is 0 Å². The summed E-state index contributed by atoms with van der Waals surface area (Å²) in [5, 5.41) is 20.3. The average Bonchev–Trinajstić information content (AvgIpc) is 2.89. The van der Waals surface area contributed by atoms with Gasteiger partial charge in [0.25, 0.3) is 0 Å². The van der Waals surface area contributed by atoms with Crippen molar-refractivity contribution < 1.29 is 19.8 Å². The predicted molar refractivity (Wildman–Crippen MR) is 147 cm³/mol. The molecule has 1 aliphatic rings. The number of aliphatic imine (C=N–C) groups is 1. The van der Waals surface area contributed by atoms with E-state index in [9.17, 15) is 19.8 Å². The lowest BCUT2D eigenvalue weighted by Gasteiger charge is -2.37. The number of hydrogen-bond acceptors (Lipinski definition) is 4. The van der Waals surface area contributed by atoms with Crippen LogP contribution in [0.25, 0.3) is 16.8 Å². The van der Waals surface area contributed by atoms with E-state index >= 15 is 0 Å². The molecule has 1 heterocycles. The largest absolute Gasteiger partial charge is 0.478 e. The summed E-state index contributed by atoms with van der Waals surface area (Å²) in [5.41, 5.74) is 4.14. The fourth-order valence-electron chi connectivity index (χ4n) is 4.61. The second-order valence-corrected chi connectivity index (χ2v) is 9.49. The fourth-order valence-corrected chi connectivity index (χ4v) is 4.73. The molecule has 0 aliphatic carbocycles. The first kappa shape index (κ1) is 26.2. The van der Waals surface area contributed by atoms with Gasteiger partial charge in [0.05, 0.1) is 22.9 Å². The molecule has 0 saturated carbocycles. The molecule has 3 aromatic carbocycles. The highest BCUT2D eigenvalue weighted by atomic mass is 35.5. The zero-order valence-corrected chi connectivity index (χ0v) is 21.6. The molecule has 37 heavy (non-hydrogen) atoms. The number of carbonyl (C=O) groups is 2. The number of hydrogen-bond donors (Lipinski definition) is 2. The summed E-state index contributed by atoms with van der Waals surface area (Å²) in [6, 6.07) is 21.3. The monoisotopic (exact) mass is 516 g/mol. The van der Waals surface area contributed by atoms with Crippen LogP contribution in [-0.2, 0) is 11.3 Å². The van der Waals surface area contributed by atoms with Crippen molar-refractivity contribution in [2.24, 2.45) is 4.99 Å². The van der Waals surface area contributed by atoms with E-state index in [0.29, 0.717) is 22.8 Å². The quantitative estimate of drug-likeness (QED) is 0.319. The molecule has 3 aromatic rings. The maximum Gasteiger partial charge on any atom is 0.336 e. The summed E-state index contributed by atoms with van der Waals surface area (Å²) in [6.45, 7) is 4.50. The molecule has 0 spiro atoms. The van der Waals surface area contributed by atoms with E-state index < -0.39 is 18.0 Å². The summed E-state index contributed by atoms with van der Waals surface area (Å²) in [5.74, 6) is -1.12. The van der Waals surface area contributed by atoms with Gasteiger partial charge in [-0.05, 0) is 48.2 Å². The summed E-state index contributed by atoms with van der Waals surface area (Å²) in [7, 11) is 0. The third-order valence-electron chi connectivity index (χ3n) is 6.59. The van der Waals surface area contributed by atoms with Gasteiger partial charge >= 0.3 is 11.9 Å². The van der Waals surface area contributed by atoms with Crippen LogP contribution in [0.4, 0.5) is 0 Å². The molecule has 0 amide bonds. The molecule has 1 atom stereocenters. The van der Waals surface area contributed by atoms with Crippen LogP contribution in [-0.4, -0.2) is 38.9 Å². The van der Waals surface area contributed by atoms with Crippen molar-refractivity contribution in [1.82, 2.24) is 4.90 Å². The number of carboxylic acids is 2. The summed E-state index contributed by atoms with van der Waals surface area (Å²) in [6.07, 6.45) is 2.66. The average molecular weight is 517 g/mol. The van der Waals surface area contributed by atoms with Crippen LogP contribution in [0, 0.1) is 0 Å². The topological polar surface area (TPSA) is 90.2 Å². The number of aromatic carboxylic acids is 1. The first-order valence-electron chi connectivity index (χ1n) is 12.3. The molecule has 0 radical (unpaired) electrons. The van der Waals surface area contributed by atoms with E-state index in [-0.39, 0.29) is 11.1 Å². The number of carboxylic acid groups (broad SMARTS) is 2. The zero-order valence-electron chi connectivity index (χ0n) is 20.8. The predicted octanol–water partition coefficient (Wildman–Crippen LogP) is 6.99. The molecule has 7 heteroatoms. The molecule has 0 aromatic heterocycles. The van der Waals surface area contributed by atoms with Crippen molar-refractivity contribution >= 4 is 35.1 Å². The maximum atomic E-state index is 12.4. The Morgan fingerprint density at radius 2 is 1.57 bits per heavy atom. The third kappa shape index (κ3) is 5.75. The first-order chi connectivity index (χ1) is 17.8. The SMILES string of the molecule is CCCCC1=NC(c2ccc(Cl)cc2)=C(C(=O)O)C(C)N1Cc1ccc(-c2ccccc2C(=O)O)cc1. The second-order valence-electron chi connectivity index (χ2n) is 9.06. The molecule has 6 nitrogen and oxygen atoms in total. The van der Waals surface area contributed by atoms with Crippen LogP contribution >= 0.6 is 11.6 Å². The molecular weight excluding hydrogens is 488 g/mol. The van der Waals surface area contributed by atoms with Crippen molar-refractivity contribution in [3.8, 4) is 11.1 Å². The number of benzene rings is 3. The molecule has 1 aliphatic heterocycles. The maximum absolute atomic E-state index is 12.4. The number of amidine groups is 1. The minimum atomic E-state index is -0.999. The van der Waals surface area contributed by atoms with E-state index in [0.717, 1.165) is 41.8 Å². The Morgan fingerprint density at radius 3 is 2.19 bits per heavy atom. The highest BCUT2D eigenvalue weighted by Gasteiger charge is 2.33. The molecule has 0 bridgehead atoms. The normalized spacial score (nSPS) is 15.5. The standard InChI is InChI=1S/C30H29ClN2O4/c1-3-4-9-26-32-28(22-14-16-23(31)17-15-22)27(30(36)37)19(2)33(26)18-20-10-12-21(13-11-20)24-7-5-6-8-25(24)29(34)35/h5-8,10-17,19H,3-4,9,18H2,1-2H3,(H,34,35)(H,36,37). The Morgan fingerprint density at radius 1 is 0.919 bits per heavy atom. The van der Waals surface area contributed by atoms with Crippen LogP contribution < -0.4 is 0 Å². The van der Waals surface area contributed by atoms with Crippen LogP contribution in [0.3, 0.4) is 0 Å². The van der Waals surface area contributed by atoms with E-state index in [4.69, 9.17) is 16.6 Å². The number of aliphatic carboxylic acids is 1. The minimum Gasteiger partial charge on any atom is -0.478 e. The minimum absolute atomic E-state index is 0.245. The summed E-state index contributed by atoms with van der Waals surface area (Å²) >= 11 is 6.06. The van der Waals surface area contributed by atoms with E-state index in [1.165, 1.54) is 0 Å². The molecular formula is C30H29ClN2O4. The van der Waals surface area contributed by atoms with Crippen LogP contribution in [0.2, 0.25) is 5.02 Å². The van der Waals surface area contributed by atoms with Gasteiger partial charge in [-0.1, -0.05) is 79.5 Å². The van der Waals surface area contributed by atoms with Crippen molar-refractivity contribution in [2.45, 2.75) is 45.7 Å². The Bertz CT molecular complexity index is 1360. The van der Waals surface area contributed by atoms with Crippen LogP contribution in [0.15, 0.2) is 83.4 Å². The van der Waals surface area contributed by atoms with Gasteiger partial charge in [-0.2, -0.15) is 0 Å². The number of halogens is 1. The molecule has 4 rings (SSSR count). The van der Waals surface area contributed by atoms with Gasteiger partial charge in [0.1, 0.15) is 5.84 Å². The number of nitrogens with zero attached hydrogens (tertiary/aromatic N) is 2. The Hall–Kier alpha value is -3.90. The third-order valence-corrected chi connectivity index (χ3v) is 6.84. The van der Waals surface area contributed by atoms with Crippen molar-refractivity contribution in [3.05, 3.63) is 100 Å². The van der Waals surface area contributed by atoms with Gasteiger partial charge in [0.15, 0.2) is 0 Å². The van der Waals surface area contributed by atoms with Gasteiger partial charge < -0.3 is 15.1 Å². The lowest BCUT2D eigenvalue weighted by molar-refractivity contribution is -0.133. The Kier molecular flexibility index (Phi) is 8.09. The second kappa shape index (κ2) is 11.4. The van der Waals surface area contributed by atoms with Gasteiger partial charge in [0, 0.05) is 23.6 Å². The summed E-state index contributed by atoms with van der Waals surface area (Å²) in [4.78, 5) is 31.0. The van der Waals surface area contributed by atoms with E-state index in [1.807, 2.05) is 37.3 Å². The van der Waals surface area contributed by atoms with Crippen molar-refractivity contribution in [3.63, 3.8) is 0 Å².